The van der Waals surface area contributed by atoms with Crippen LogP contribution in [0.5, 0.6) is 0 Å². The minimum absolute atomic E-state index is 0.0520. The number of aliphatic hydroxyl groups excluding tert-OH is 1. The number of nitrogens with zero attached hydrogens (tertiary/aromatic N) is 2. The molecule has 0 radical (unpaired) electrons. The van der Waals surface area contributed by atoms with Crippen LogP contribution in [0.3, 0.4) is 0 Å². The van der Waals surface area contributed by atoms with Crippen molar-refractivity contribution in [2.45, 2.75) is 31.8 Å². The molecular formula is C12H21N3O. The Balaban J connectivity index is 1.60. The molecule has 0 bridgehead atoms. The van der Waals surface area contributed by atoms with Crippen molar-refractivity contribution in [3.63, 3.8) is 0 Å². The number of aromatic nitrogens is 2. The molecule has 1 aromatic rings. The minimum atomic E-state index is -0.0520. The van der Waals surface area contributed by atoms with E-state index in [9.17, 15) is 5.11 Å². The van der Waals surface area contributed by atoms with E-state index in [0.29, 0.717) is 5.92 Å². The zero-order valence-corrected chi connectivity index (χ0v) is 9.89. The lowest BCUT2D eigenvalue weighted by atomic mass is 10.1. The fraction of sp³-hybridized carbons (Fsp3) is 0.750. The summed E-state index contributed by atoms with van der Waals surface area (Å²) in [6.45, 7) is 2.03. The largest absolute Gasteiger partial charge is 0.393 e. The molecule has 1 heterocycles. The van der Waals surface area contributed by atoms with Crippen molar-refractivity contribution in [3.8, 4) is 0 Å². The van der Waals surface area contributed by atoms with Crippen molar-refractivity contribution in [1.82, 2.24) is 15.1 Å². The lowest BCUT2D eigenvalue weighted by Crippen LogP contribution is -2.24. The summed E-state index contributed by atoms with van der Waals surface area (Å²) in [6.07, 6.45) is 5.92. The Morgan fingerprint density at radius 1 is 1.56 bits per heavy atom. The van der Waals surface area contributed by atoms with Gasteiger partial charge < -0.3 is 10.4 Å². The van der Waals surface area contributed by atoms with Gasteiger partial charge in [-0.3, -0.25) is 4.68 Å². The standard InChI is InChI=1S/C12H21N3O/c1-15-11(5-7-14-15)4-6-13-9-10-2-3-12(16)8-10/h5,7,10,12-13,16H,2-4,6,8-9H2,1H3. The van der Waals surface area contributed by atoms with Crippen LogP contribution in [-0.2, 0) is 13.5 Å². The minimum Gasteiger partial charge on any atom is -0.393 e. The third kappa shape index (κ3) is 3.06. The van der Waals surface area contributed by atoms with Gasteiger partial charge in [-0.2, -0.15) is 5.10 Å². The Morgan fingerprint density at radius 2 is 2.44 bits per heavy atom. The van der Waals surface area contributed by atoms with Gasteiger partial charge in [-0.15, -0.1) is 0 Å². The van der Waals surface area contributed by atoms with Crippen LogP contribution in [-0.4, -0.2) is 34.1 Å². The zero-order valence-electron chi connectivity index (χ0n) is 9.89. The molecule has 2 unspecified atom stereocenters. The molecule has 0 spiro atoms. The summed E-state index contributed by atoms with van der Waals surface area (Å²) in [5.41, 5.74) is 1.26. The van der Waals surface area contributed by atoms with Crippen LogP contribution in [0, 0.1) is 5.92 Å². The summed E-state index contributed by atoms with van der Waals surface area (Å²) in [6, 6.07) is 2.06. The highest BCUT2D eigenvalue weighted by Gasteiger charge is 2.21. The fourth-order valence-electron chi connectivity index (χ4n) is 2.40. The molecule has 1 aromatic heterocycles. The molecule has 2 atom stereocenters. The van der Waals surface area contributed by atoms with Gasteiger partial charge in [0.1, 0.15) is 0 Å². The molecule has 1 aliphatic carbocycles. The highest BCUT2D eigenvalue weighted by molar-refractivity contribution is 5.00. The topological polar surface area (TPSA) is 50.1 Å². The SMILES string of the molecule is Cn1nccc1CCNCC1CCC(O)C1. The van der Waals surface area contributed by atoms with Gasteiger partial charge in [-0.05, 0) is 37.8 Å². The van der Waals surface area contributed by atoms with Crippen molar-refractivity contribution >= 4 is 0 Å². The molecule has 16 heavy (non-hydrogen) atoms. The van der Waals surface area contributed by atoms with Gasteiger partial charge in [0, 0.05) is 31.9 Å². The number of hydrogen-bond donors (Lipinski definition) is 2. The molecule has 1 fully saturated rings. The molecule has 2 N–H and O–H groups in total. The molecule has 1 saturated carbocycles. The second-order valence-electron chi connectivity index (χ2n) is 4.73. The van der Waals surface area contributed by atoms with Gasteiger partial charge >= 0.3 is 0 Å². The summed E-state index contributed by atoms with van der Waals surface area (Å²) in [7, 11) is 1.97. The highest BCUT2D eigenvalue weighted by atomic mass is 16.3. The van der Waals surface area contributed by atoms with E-state index >= 15 is 0 Å². The molecule has 0 aliphatic heterocycles. The summed E-state index contributed by atoms with van der Waals surface area (Å²) < 4.78 is 1.92. The first-order valence-corrected chi connectivity index (χ1v) is 6.11. The quantitative estimate of drug-likeness (QED) is 0.723. The summed E-state index contributed by atoms with van der Waals surface area (Å²) in [5, 5.41) is 17.0. The Labute approximate surface area is 96.7 Å². The fourth-order valence-corrected chi connectivity index (χ4v) is 2.40. The van der Waals surface area contributed by atoms with Gasteiger partial charge in [-0.25, -0.2) is 0 Å². The van der Waals surface area contributed by atoms with Crippen molar-refractivity contribution < 1.29 is 5.11 Å². The lowest BCUT2D eigenvalue weighted by molar-refractivity contribution is 0.177. The number of rotatable bonds is 5. The Kier molecular flexibility index (Phi) is 3.96. The Bertz CT molecular complexity index is 324. The van der Waals surface area contributed by atoms with Crippen LogP contribution in [0.25, 0.3) is 0 Å². The number of nitrogens with one attached hydrogen (secondary N) is 1. The number of hydrogen-bond acceptors (Lipinski definition) is 3. The molecule has 4 nitrogen and oxygen atoms in total. The predicted molar refractivity (Wildman–Crippen MR) is 63.1 cm³/mol. The first kappa shape index (κ1) is 11.6. The van der Waals surface area contributed by atoms with Crippen molar-refractivity contribution in [2.24, 2.45) is 13.0 Å². The van der Waals surface area contributed by atoms with E-state index in [0.717, 1.165) is 32.4 Å². The Morgan fingerprint density at radius 3 is 3.06 bits per heavy atom. The monoisotopic (exact) mass is 223 g/mol. The van der Waals surface area contributed by atoms with E-state index in [2.05, 4.69) is 16.5 Å². The van der Waals surface area contributed by atoms with Crippen molar-refractivity contribution in [2.75, 3.05) is 13.1 Å². The Hall–Kier alpha value is -0.870. The maximum atomic E-state index is 9.40. The molecule has 2 rings (SSSR count). The lowest BCUT2D eigenvalue weighted by Gasteiger charge is -2.10. The van der Waals surface area contributed by atoms with E-state index in [-0.39, 0.29) is 6.10 Å². The number of aliphatic hydroxyl groups is 1. The molecular weight excluding hydrogens is 202 g/mol. The predicted octanol–water partition coefficient (Wildman–Crippen LogP) is 0.713. The van der Waals surface area contributed by atoms with Gasteiger partial charge in [-0.1, -0.05) is 0 Å². The molecule has 0 amide bonds. The van der Waals surface area contributed by atoms with E-state index in [1.165, 1.54) is 12.1 Å². The van der Waals surface area contributed by atoms with Gasteiger partial charge in [0.25, 0.3) is 0 Å². The van der Waals surface area contributed by atoms with E-state index in [1.807, 2.05) is 17.9 Å². The smallest absolute Gasteiger partial charge is 0.0543 e. The molecule has 0 aromatic carbocycles. The zero-order chi connectivity index (χ0) is 11.4. The van der Waals surface area contributed by atoms with Crippen molar-refractivity contribution in [3.05, 3.63) is 18.0 Å². The second kappa shape index (κ2) is 5.46. The third-order valence-corrected chi connectivity index (χ3v) is 3.43. The van der Waals surface area contributed by atoms with Crippen LogP contribution in [0.15, 0.2) is 12.3 Å². The average molecular weight is 223 g/mol. The summed E-state index contributed by atoms with van der Waals surface area (Å²) in [5.74, 6) is 0.668. The van der Waals surface area contributed by atoms with Crippen molar-refractivity contribution in [1.29, 1.82) is 0 Å². The number of aryl methyl sites for hydroxylation is 1. The van der Waals surface area contributed by atoms with E-state index < -0.39 is 0 Å². The highest BCUT2D eigenvalue weighted by Crippen LogP contribution is 2.24. The van der Waals surface area contributed by atoms with E-state index in [1.54, 1.807) is 0 Å². The maximum Gasteiger partial charge on any atom is 0.0543 e. The molecule has 0 saturated heterocycles. The van der Waals surface area contributed by atoms with Crippen LogP contribution in [0.4, 0.5) is 0 Å². The normalized spacial score (nSPS) is 25.1. The first-order valence-electron chi connectivity index (χ1n) is 6.11. The van der Waals surface area contributed by atoms with Crippen LogP contribution in [0.2, 0.25) is 0 Å². The van der Waals surface area contributed by atoms with Gasteiger partial charge in [0.2, 0.25) is 0 Å². The third-order valence-electron chi connectivity index (χ3n) is 3.43. The van der Waals surface area contributed by atoms with Crippen LogP contribution < -0.4 is 5.32 Å². The molecule has 4 heteroatoms. The van der Waals surface area contributed by atoms with Gasteiger partial charge in [0.05, 0.1) is 6.10 Å². The average Bonchev–Trinajstić information content (AvgIpc) is 2.83. The van der Waals surface area contributed by atoms with Crippen LogP contribution >= 0.6 is 0 Å². The van der Waals surface area contributed by atoms with Gasteiger partial charge in [0.15, 0.2) is 0 Å². The maximum absolute atomic E-state index is 9.40. The summed E-state index contributed by atoms with van der Waals surface area (Å²) in [4.78, 5) is 0. The summed E-state index contributed by atoms with van der Waals surface area (Å²) >= 11 is 0. The van der Waals surface area contributed by atoms with Crippen LogP contribution in [0.1, 0.15) is 25.0 Å². The second-order valence-corrected chi connectivity index (χ2v) is 4.73. The van der Waals surface area contributed by atoms with E-state index in [4.69, 9.17) is 0 Å². The first-order chi connectivity index (χ1) is 7.75. The molecule has 1 aliphatic rings. The molecule has 90 valence electrons.